The van der Waals surface area contributed by atoms with E-state index in [2.05, 4.69) is 41.8 Å². The summed E-state index contributed by atoms with van der Waals surface area (Å²) in [6, 6.07) is 36.9. The first-order chi connectivity index (χ1) is 22.4. The van der Waals surface area contributed by atoms with E-state index in [0.717, 1.165) is 31.2 Å². The Morgan fingerprint density at radius 1 is 0.478 bits per heavy atom. The Labute approximate surface area is 283 Å². The Morgan fingerprint density at radius 2 is 0.826 bits per heavy atom. The van der Waals surface area contributed by atoms with Crippen LogP contribution in [0, 0.1) is 0 Å². The van der Waals surface area contributed by atoms with Gasteiger partial charge in [-0.25, -0.2) is 9.59 Å². The number of carbonyl (C=O) groups is 2. The van der Waals surface area contributed by atoms with Crippen LogP contribution in [0.15, 0.2) is 152 Å². The molecule has 0 atom stereocenters. The van der Waals surface area contributed by atoms with E-state index >= 15 is 0 Å². The van der Waals surface area contributed by atoms with Gasteiger partial charge in [0.05, 0.1) is 11.4 Å². The number of hydrogen-bond acceptors (Lipinski definition) is 6. The first-order valence-corrected chi connectivity index (χ1v) is 15.7. The fourth-order valence-electron chi connectivity index (χ4n) is 3.99. The number of benzene rings is 5. The van der Waals surface area contributed by atoms with Crippen molar-refractivity contribution in [3.63, 3.8) is 0 Å². The first-order valence-electron chi connectivity index (χ1n) is 14.1. The largest absolute Gasteiger partial charge is 0.423 e. The molecule has 0 saturated heterocycles. The predicted octanol–water partition coefficient (Wildman–Crippen LogP) is 9.95. The molecule has 0 aliphatic heterocycles. The molecule has 46 heavy (non-hydrogen) atoms. The molecule has 0 aliphatic carbocycles. The Bertz CT molecular complexity index is 1770. The monoisotopic (exact) mass is 732 g/mol. The summed E-state index contributed by atoms with van der Waals surface area (Å²) in [5.74, 6) is -0.0517. The third kappa shape index (κ3) is 10.2. The molecule has 8 heteroatoms. The fraction of sp³-hybridized carbons (Fsp3) is 0. The lowest BCUT2D eigenvalue weighted by Crippen LogP contribution is -2.03. The van der Waals surface area contributed by atoms with E-state index in [0.29, 0.717) is 22.9 Å². The van der Waals surface area contributed by atoms with Crippen LogP contribution in [0.4, 0.5) is 11.4 Å². The Kier molecular flexibility index (Phi) is 11.4. The maximum Gasteiger partial charge on any atom is 0.336 e. The second-order valence-corrected chi connectivity index (χ2v) is 11.6. The predicted molar refractivity (Wildman–Crippen MR) is 191 cm³/mol. The fourth-order valence-corrected chi connectivity index (χ4v) is 4.52. The van der Waals surface area contributed by atoms with Gasteiger partial charge in [0.15, 0.2) is 0 Å². The van der Waals surface area contributed by atoms with Gasteiger partial charge in [-0.15, -0.1) is 0 Å². The standard InChI is InChI=1S/C38H26Br2N2O4/c39-31-15-5-27(6-16-31)13-23-37(43)45-33-19-9-29(10-20-33)25-41-35-3-1-2-4-36(35)42-26-30-11-21-34(22-12-30)46-38(44)24-14-28-7-17-32(40)18-8-28/h1-26H/b23-13+,24-14+,41-25?,42-26?. The van der Waals surface area contributed by atoms with Crippen LogP contribution < -0.4 is 9.47 Å². The maximum absolute atomic E-state index is 12.2. The van der Waals surface area contributed by atoms with Crippen molar-refractivity contribution in [3.05, 3.63) is 165 Å². The molecule has 6 nitrogen and oxygen atoms in total. The molecular formula is C38H26Br2N2O4. The molecule has 0 amide bonds. The van der Waals surface area contributed by atoms with Crippen molar-refractivity contribution in [2.45, 2.75) is 0 Å². The zero-order valence-electron chi connectivity index (χ0n) is 24.3. The second kappa shape index (κ2) is 16.2. The van der Waals surface area contributed by atoms with Crippen molar-refractivity contribution in [2.24, 2.45) is 9.98 Å². The van der Waals surface area contributed by atoms with E-state index < -0.39 is 11.9 Å². The summed E-state index contributed by atoms with van der Waals surface area (Å²) in [6.07, 6.45) is 9.64. The molecule has 226 valence electrons. The van der Waals surface area contributed by atoms with Gasteiger partial charge in [0.25, 0.3) is 0 Å². The number of aliphatic imine (C=N–C) groups is 2. The highest BCUT2D eigenvalue weighted by Gasteiger charge is 2.03. The molecule has 0 fully saturated rings. The number of nitrogens with zero attached hydrogens (tertiary/aromatic N) is 2. The minimum atomic E-state index is -0.462. The molecule has 0 heterocycles. The summed E-state index contributed by atoms with van der Waals surface area (Å²) in [4.78, 5) is 33.6. The average Bonchev–Trinajstić information content (AvgIpc) is 3.07. The van der Waals surface area contributed by atoms with Crippen LogP contribution in [0.2, 0.25) is 0 Å². The minimum absolute atomic E-state index is 0.436. The van der Waals surface area contributed by atoms with Gasteiger partial charge < -0.3 is 9.47 Å². The summed E-state index contributed by atoms with van der Waals surface area (Å²) >= 11 is 6.78. The third-order valence-corrected chi connectivity index (χ3v) is 7.41. The summed E-state index contributed by atoms with van der Waals surface area (Å²) in [6.45, 7) is 0. The molecule has 0 spiro atoms. The summed E-state index contributed by atoms with van der Waals surface area (Å²) in [7, 11) is 0. The molecule has 0 aromatic heterocycles. The van der Waals surface area contributed by atoms with Crippen molar-refractivity contribution < 1.29 is 19.1 Å². The van der Waals surface area contributed by atoms with Gasteiger partial charge in [-0.2, -0.15) is 0 Å². The highest BCUT2D eigenvalue weighted by molar-refractivity contribution is 9.10. The van der Waals surface area contributed by atoms with Crippen LogP contribution in [0.3, 0.4) is 0 Å². The summed E-state index contributed by atoms with van der Waals surface area (Å²) < 4.78 is 12.7. The van der Waals surface area contributed by atoms with E-state index in [-0.39, 0.29) is 0 Å². The van der Waals surface area contributed by atoms with Gasteiger partial charge in [0, 0.05) is 33.5 Å². The minimum Gasteiger partial charge on any atom is -0.423 e. The molecule has 5 aromatic rings. The number of carbonyl (C=O) groups excluding carboxylic acids is 2. The zero-order chi connectivity index (χ0) is 32.1. The number of ether oxygens (including phenoxy) is 2. The van der Waals surface area contributed by atoms with Crippen molar-refractivity contribution >= 4 is 79.8 Å². The Morgan fingerprint density at radius 3 is 1.20 bits per heavy atom. The number of esters is 2. The molecule has 0 N–H and O–H groups in total. The highest BCUT2D eigenvalue weighted by atomic mass is 79.9. The van der Waals surface area contributed by atoms with Crippen molar-refractivity contribution in [1.29, 1.82) is 0 Å². The van der Waals surface area contributed by atoms with Gasteiger partial charge in [-0.05, 0) is 119 Å². The Hall–Kier alpha value is -5.18. The molecule has 5 rings (SSSR count). The van der Waals surface area contributed by atoms with Gasteiger partial charge in [0.1, 0.15) is 11.5 Å². The van der Waals surface area contributed by atoms with Gasteiger partial charge in [0.2, 0.25) is 0 Å². The molecule has 0 saturated carbocycles. The topological polar surface area (TPSA) is 77.3 Å². The van der Waals surface area contributed by atoms with Crippen LogP contribution >= 0.6 is 31.9 Å². The summed E-state index contributed by atoms with van der Waals surface area (Å²) in [5.41, 5.74) is 4.84. The number of rotatable bonds is 10. The average molecular weight is 734 g/mol. The van der Waals surface area contributed by atoms with E-state index in [4.69, 9.17) is 9.47 Å². The van der Waals surface area contributed by atoms with Crippen LogP contribution in [-0.4, -0.2) is 24.4 Å². The maximum atomic E-state index is 12.2. The van der Waals surface area contributed by atoms with Crippen molar-refractivity contribution in [1.82, 2.24) is 0 Å². The van der Waals surface area contributed by atoms with Crippen LogP contribution in [-0.2, 0) is 9.59 Å². The number of halogens is 2. The highest BCUT2D eigenvalue weighted by Crippen LogP contribution is 2.27. The SMILES string of the molecule is O=C(/C=C/c1ccc(Br)cc1)Oc1ccc(C=Nc2ccccc2N=Cc2ccc(OC(=O)/C=C/c3ccc(Br)cc3)cc2)cc1. The van der Waals surface area contributed by atoms with Gasteiger partial charge in [-0.1, -0.05) is 68.3 Å². The van der Waals surface area contributed by atoms with Crippen molar-refractivity contribution in [3.8, 4) is 11.5 Å². The first kappa shape index (κ1) is 32.2. The smallest absolute Gasteiger partial charge is 0.336 e. The Balaban J connectivity index is 1.15. The van der Waals surface area contributed by atoms with Crippen LogP contribution in [0.25, 0.3) is 12.2 Å². The van der Waals surface area contributed by atoms with Crippen LogP contribution in [0.5, 0.6) is 11.5 Å². The van der Waals surface area contributed by atoms with E-state index in [1.807, 2.05) is 97.1 Å². The lowest BCUT2D eigenvalue weighted by Gasteiger charge is -2.03. The third-order valence-electron chi connectivity index (χ3n) is 6.35. The summed E-state index contributed by atoms with van der Waals surface area (Å²) in [5, 5.41) is 0. The molecule has 5 aromatic carbocycles. The van der Waals surface area contributed by atoms with Gasteiger partial charge >= 0.3 is 11.9 Å². The van der Waals surface area contributed by atoms with E-state index in [1.165, 1.54) is 12.2 Å². The molecular weight excluding hydrogens is 708 g/mol. The lowest BCUT2D eigenvalue weighted by atomic mass is 10.2. The van der Waals surface area contributed by atoms with Crippen molar-refractivity contribution in [2.75, 3.05) is 0 Å². The molecule has 0 unspecified atom stereocenters. The quantitative estimate of drug-likeness (QED) is 0.0620. The molecule has 0 radical (unpaired) electrons. The number of para-hydroxylation sites is 2. The normalized spacial score (nSPS) is 11.5. The van der Waals surface area contributed by atoms with Gasteiger partial charge in [-0.3, -0.25) is 9.98 Å². The van der Waals surface area contributed by atoms with Crippen LogP contribution in [0.1, 0.15) is 22.3 Å². The number of hydrogen-bond donors (Lipinski definition) is 0. The van der Waals surface area contributed by atoms with E-state index in [9.17, 15) is 9.59 Å². The second-order valence-electron chi connectivity index (χ2n) is 9.76. The molecule has 0 aliphatic rings. The lowest BCUT2D eigenvalue weighted by molar-refractivity contribution is -0.129. The van der Waals surface area contributed by atoms with E-state index in [1.54, 1.807) is 48.8 Å². The zero-order valence-corrected chi connectivity index (χ0v) is 27.5. The molecule has 0 bridgehead atoms.